The summed E-state index contributed by atoms with van der Waals surface area (Å²) in [6.07, 6.45) is 5.06. The van der Waals surface area contributed by atoms with Gasteiger partial charge in [-0.2, -0.15) is 0 Å². The molecule has 0 saturated heterocycles. The van der Waals surface area contributed by atoms with Gasteiger partial charge in [0.25, 0.3) is 0 Å². The van der Waals surface area contributed by atoms with Crippen molar-refractivity contribution < 1.29 is 14.3 Å². The average molecular weight is 323 g/mol. The molecule has 24 heavy (non-hydrogen) atoms. The van der Waals surface area contributed by atoms with E-state index < -0.39 is 0 Å². The Balaban J connectivity index is 1.73. The van der Waals surface area contributed by atoms with Crippen LogP contribution in [0.2, 0.25) is 0 Å². The highest BCUT2D eigenvalue weighted by Gasteiger charge is 2.03. The first kappa shape index (κ1) is 17.5. The van der Waals surface area contributed by atoms with Gasteiger partial charge in [0.05, 0.1) is 12.7 Å². The van der Waals surface area contributed by atoms with Crippen molar-refractivity contribution in [3.05, 3.63) is 77.4 Å². The number of aryl methyl sites for hydroxylation is 1. The number of nitrogens with one attached hydrogen (secondary N) is 1. The van der Waals surface area contributed by atoms with Crippen LogP contribution in [-0.2, 0) is 16.0 Å². The number of carbonyl (C=O) groups excluding carboxylic acids is 2. The van der Waals surface area contributed by atoms with Gasteiger partial charge in [-0.3, -0.25) is 4.79 Å². The number of esters is 1. The first-order valence-electron chi connectivity index (χ1n) is 7.87. The van der Waals surface area contributed by atoms with E-state index in [1.54, 1.807) is 30.3 Å². The fourth-order valence-electron chi connectivity index (χ4n) is 2.23. The third kappa shape index (κ3) is 5.72. The van der Waals surface area contributed by atoms with E-state index in [0.717, 1.165) is 18.4 Å². The Morgan fingerprint density at radius 3 is 2.42 bits per heavy atom. The molecule has 0 saturated carbocycles. The number of benzene rings is 2. The fraction of sp³-hybridized carbons (Fsp3) is 0.200. The summed E-state index contributed by atoms with van der Waals surface area (Å²) in [6.45, 7) is 0.638. The summed E-state index contributed by atoms with van der Waals surface area (Å²) >= 11 is 0. The Kier molecular flexibility index (Phi) is 6.77. The van der Waals surface area contributed by atoms with Gasteiger partial charge in [-0.1, -0.05) is 42.5 Å². The van der Waals surface area contributed by atoms with Crippen LogP contribution < -0.4 is 5.32 Å². The van der Waals surface area contributed by atoms with Gasteiger partial charge >= 0.3 is 5.97 Å². The molecule has 1 N–H and O–H groups in total. The number of rotatable bonds is 7. The minimum Gasteiger partial charge on any atom is -0.465 e. The number of hydrogen-bond donors (Lipinski definition) is 1. The lowest BCUT2D eigenvalue weighted by Crippen LogP contribution is -2.22. The Morgan fingerprint density at radius 1 is 1.04 bits per heavy atom. The van der Waals surface area contributed by atoms with E-state index >= 15 is 0 Å². The second-order valence-corrected chi connectivity index (χ2v) is 5.33. The molecular weight excluding hydrogens is 302 g/mol. The zero-order chi connectivity index (χ0) is 17.2. The maximum Gasteiger partial charge on any atom is 0.337 e. The molecule has 124 valence electrons. The Hall–Kier alpha value is -2.88. The van der Waals surface area contributed by atoms with Gasteiger partial charge in [-0.15, -0.1) is 0 Å². The van der Waals surface area contributed by atoms with Crippen LogP contribution in [0.25, 0.3) is 6.08 Å². The number of amides is 1. The van der Waals surface area contributed by atoms with Crippen LogP contribution in [0.15, 0.2) is 60.7 Å². The topological polar surface area (TPSA) is 55.4 Å². The standard InChI is InChI=1S/C20H21NO3/c1-24-20(23)18-12-9-17(10-13-18)11-14-19(22)21-15-5-8-16-6-3-2-4-7-16/h2-4,6-7,9-14H,5,8,15H2,1H3,(H,21,22)/b14-11+. The zero-order valence-corrected chi connectivity index (χ0v) is 13.7. The van der Waals surface area contributed by atoms with E-state index in [9.17, 15) is 9.59 Å². The monoisotopic (exact) mass is 323 g/mol. The number of hydrogen-bond acceptors (Lipinski definition) is 3. The van der Waals surface area contributed by atoms with E-state index in [0.29, 0.717) is 12.1 Å². The molecule has 0 aliphatic carbocycles. The third-order valence-electron chi connectivity index (χ3n) is 3.54. The molecule has 0 bridgehead atoms. The van der Waals surface area contributed by atoms with Gasteiger partial charge in [0.15, 0.2) is 0 Å². The molecule has 0 aliphatic rings. The Bertz CT molecular complexity index is 691. The van der Waals surface area contributed by atoms with Gasteiger partial charge < -0.3 is 10.1 Å². The molecule has 4 heteroatoms. The van der Waals surface area contributed by atoms with E-state index in [4.69, 9.17) is 0 Å². The van der Waals surface area contributed by atoms with Crippen LogP contribution in [0.3, 0.4) is 0 Å². The zero-order valence-electron chi connectivity index (χ0n) is 13.7. The normalized spacial score (nSPS) is 10.5. The molecule has 0 spiro atoms. The van der Waals surface area contributed by atoms with Gasteiger partial charge in [0, 0.05) is 12.6 Å². The summed E-state index contributed by atoms with van der Waals surface area (Å²) in [6, 6.07) is 17.1. The minimum absolute atomic E-state index is 0.125. The molecule has 0 aromatic heterocycles. The van der Waals surface area contributed by atoms with E-state index in [1.165, 1.54) is 18.7 Å². The van der Waals surface area contributed by atoms with Crippen molar-refractivity contribution in [2.45, 2.75) is 12.8 Å². The molecule has 2 aromatic rings. The summed E-state index contributed by atoms with van der Waals surface area (Å²) in [5.41, 5.74) is 2.61. The van der Waals surface area contributed by atoms with Crippen molar-refractivity contribution in [3.8, 4) is 0 Å². The maximum atomic E-state index is 11.8. The molecule has 2 aromatic carbocycles. The summed E-state index contributed by atoms with van der Waals surface area (Å²) in [5.74, 6) is -0.498. The van der Waals surface area contributed by atoms with Crippen molar-refractivity contribution in [1.29, 1.82) is 0 Å². The van der Waals surface area contributed by atoms with Crippen molar-refractivity contribution in [3.63, 3.8) is 0 Å². The van der Waals surface area contributed by atoms with Crippen molar-refractivity contribution in [2.75, 3.05) is 13.7 Å². The lowest BCUT2D eigenvalue weighted by atomic mass is 10.1. The number of ether oxygens (including phenoxy) is 1. The molecule has 0 heterocycles. The van der Waals surface area contributed by atoms with Crippen LogP contribution >= 0.6 is 0 Å². The molecule has 4 nitrogen and oxygen atoms in total. The Labute approximate surface area is 142 Å². The third-order valence-corrected chi connectivity index (χ3v) is 3.54. The lowest BCUT2D eigenvalue weighted by Gasteiger charge is -2.03. The van der Waals surface area contributed by atoms with Gasteiger partial charge in [0.1, 0.15) is 0 Å². The van der Waals surface area contributed by atoms with Crippen molar-refractivity contribution in [1.82, 2.24) is 5.32 Å². The quantitative estimate of drug-likeness (QED) is 0.483. The fourth-order valence-corrected chi connectivity index (χ4v) is 2.23. The highest BCUT2D eigenvalue weighted by molar-refractivity contribution is 5.92. The molecule has 2 rings (SSSR count). The first-order valence-corrected chi connectivity index (χ1v) is 7.87. The highest BCUT2D eigenvalue weighted by Crippen LogP contribution is 2.07. The lowest BCUT2D eigenvalue weighted by molar-refractivity contribution is -0.116. The minimum atomic E-state index is -0.373. The van der Waals surface area contributed by atoms with Crippen molar-refractivity contribution in [2.24, 2.45) is 0 Å². The van der Waals surface area contributed by atoms with Crippen LogP contribution in [0.4, 0.5) is 0 Å². The Morgan fingerprint density at radius 2 is 1.75 bits per heavy atom. The summed E-state index contributed by atoms with van der Waals surface area (Å²) in [5, 5.41) is 2.86. The largest absolute Gasteiger partial charge is 0.465 e. The second kappa shape index (κ2) is 9.30. The maximum absolute atomic E-state index is 11.8. The molecule has 1 amide bonds. The van der Waals surface area contributed by atoms with Crippen LogP contribution in [0.1, 0.15) is 27.9 Å². The van der Waals surface area contributed by atoms with Crippen LogP contribution in [0, 0.1) is 0 Å². The summed E-state index contributed by atoms with van der Waals surface area (Å²) in [4.78, 5) is 23.1. The van der Waals surface area contributed by atoms with Gasteiger partial charge in [-0.05, 0) is 42.2 Å². The van der Waals surface area contributed by atoms with Crippen LogP contribution in [0.5, 0.6) is 0 Å². The number of carbonyl (C=O) groups is 2. The van der Waals surface area contributed by atoms with E-state index in [-0.39, 0.29) is 11.9 Å². The molecule has 0 aliphatic heterocycles. The SMILES string of the molecule is COC(=O)c1ccc(/C=C/C(=O)NCCCc2ccccc2)cc1. The molecular formula is C20H21NO3. The average Bonchev–Trinajstić information content (AvgIpc) is 2.64. The van der Waals surface area contributed by atoms with Crippen LogP contribution in [-0.4, -0.2) is 25.5 Å². The second-order valence-electron chi connectivity index (χ2n) is 5.33. The summed E-state index contributed by atoms with van der Waals surface area (Å²) in [7, 11) is 1.35. The van der Waals surface area contributed by atoms with Gasteiger partial charge in [0.2, 0.25) is 5.91 Å². The van der Waals surface area contributed by atoms with E-state index in [1.807, 2.05) is 18.2 Å². The molecule has 0 atom stereocenters. The number of methoxy groups -OCH3 is 1. The van der Waals surface area contributed by atoms with Gasteiger partial charge in [-0.25, -0.2) is 4.79 Å². The van der Waals surface area contributed by atoms with Crippen molar-refractivity contribution >= 4 is 18.0 Å². The first-order chi connectivity index (χ1) is 11.7. The molecule has 0 radical (unpaired) electrons. The highest BCUT2D eigenvalue weighted by atomic mass is 16.5. The summed E-state index contributed by atoms with van der Waals surface area (Å²) < 4.78 is 4.64. The molecule has 0 unspecified atom stereocenters. The predicted octanol–water partition coefficient (Wildman–Crippen LogP) is 3.24. The van der Waals surface area contributed by atoms with E-state index in [2.05, 4.69) is 22.2 Å². The molecule has 0 fully saturated rings. The smallest absolute Gasteiger partial charge is 0.337 e. The predicted molar refractivity (Wildman–Crippen MR) is 94.6 cm³/mol.